The number of allylic oxidation sites excluding steroid dienone is 1. The van der Waals surface area contributed by atoms with E-state index >= 15 is 0 Å². The first-order valence-corrected chi connectivity index (χ1v) is 9.90. The second-order valence-electron chi connectivity index (χ2n) is 7.84. The number of carbonyl (C=O) groups is 2. The second-order valence-corrected chi connectivity index (χ2v) is 7.84. The number of hydrogen-bond donors (Lipinski definition) is 0. The van der Waals surface area contributed by atoms with Gasteiger partial charge in [-0.2, -0.15) is 0 Å². The first-order chi connectivity index (χ1) is 14.2. The number of carbonyl (C=O) groups excluding carboxylic acids is 2. The molecule has 0 radical (unpaired) electrons. The fourth-order valence-electron chi connectivity index (χ4n) is 3.65. The lowest BCUT2D eigenvalue weighted by molar-refractivity contribution is -0.143. The molecule has 0 bridgehead atoms. The lowest BCUT2D eigenvalue weighted by Crippen LogP contribution is -2.38. The van der Waals surface area contributed by atoms with E-state index in [0.717, 1.165) is 23.3 Å². The van der Waals surface area contributed by atoms with Gasteiger partial charge < -0.3 is 9.64 Å². The van der Waals surface area contributed by atoms with E-state index in [2.05, 4.69) is 0 Å². The van der Waals surface area contributed by atoms with Crippen LogP contribution in [0.2, 0.25) is 0 Å². The molecule has 1 unspecified atom stereocenters. The highest BCUT2D eigenvalue weighted by Crippen LogP contribution is 2.38. The molecular weight excluding hydrogens is 388 g/mol. The van der Waals surface area contributed by atoms with Crippen LogP contribution in [0.3, 0.4) is 0 Å². The number of amides is 1. The Hall–Kier alpha value is -3.02. The molecule has 4 nitrogen and oxygen atoms in total. The molecule has 3 rings (SSSR count). The standard InChI is InChI=1S/C24H25F2NO3/c1-14(2)30-24(29)23-16(4)27(13-18-9-10-19(25)11-21(18)26)22(28)12-20(23)17-7-5-15(3)6-8-17/h5-11,14,20H,12-13H2,1-4H3. The maximum atomic E-state index is 14.2. The van der Waals surface area contributed by atoms with Crippen LogP contribution in [0.25, 0.3) is 0 Å². The van der Waals surface area contributed by atoms with Gasteiger partial charge in [-0.3, -0.25) is 4.79 Å². The van der Waals surface area contributed by atoms with Gasteiger partial charge in [0, 0.05) is 29.7 Å². The van der Waals surface area contributed by atoms with Crippen molar-refractivity contribution in [2.75, 3.05) is 0 Å². The van der Waals surface area contributed by atoms with Crippen LogP contribution in [0.1, 0.15) is 49.8 Å². The SMILES string of the molecule is CC1=C(C(=O)OC(C)C)C(c2ccc(C)cc2)CC(=O)N1Cc1ccc(F)cc1F. The number of aryl methyl sites for hydroxylation is 1. The minimum atomic E-state index is -0.734. The van der Waals surface area contributed by atoms with Gasteiger partial charge in [0.2, 0.25) is 5.91 Å². The molecular formula is C24H25F2NO3. The van der Waals surface area contributed by atoms with Crippen LogP contribution in [0.4, 0.5) is 8.78 Å². The molecule has 1 atom stereocenters. The minimum Gasteiger partial charge on any atom is -0.460 e. The van der Waals surface area contributed by atoms with Crippen LogP contribution in [-0.4, -0.2) is 22.9 Å². The summed E-state index contributed by atoms with van der Waals surface area (Å²) < 4.78 is 32.9. The lowest BCUT2D eigenvalue weighted by Gasteiger charge is -2.35. The Balaban J connectivity index is 2.04. The average molecular weight is 413 g/mol. The molecule has 6 heteroatoms. The van der Waals surface area contributed by atoms with Gasteiger partial charge >= 0.3 is 5.97 Å². The van der Waals surface area contributed by atoms with Gasteiger partial charge in [-0.1, -0.05) is 35.9 Å². The van der Waals surface area contributed by atoms with Gasteiger partial charge in [-0.15, -0.1) is 0 Å². The zero-order valence-corrected chi connectivity index (χ0v) is 17.5. The van der Waals surface area contributed by atoms with E-state index in [4.69, 9.17) is 4.74 Å². The molecule has 1 amide bonds. The van der Waals surface area contributed by atoms with E-state index < -0.39 is 23.5 Å². The van der Waals surface area contributed by atoms with Crippen LogP contribution in [0.5, 0.6) is 0 Å². The predicted molar refractivity (Wildman–Crippen MR) is 109 cm³/mol. The van der Waals surface area contributed by atoms with E-state index in [0.29, 0.717) is 11.3 Å². The maximum Gasteiger partial charge on any atom is 0.336 e. The molecule has 0 N–H and O–H groups in total. The van der Waals surface area contributed by atoms with Gasteiger partial charge in [0.25, 0.3) is 0 Å². The van der Waals surface area contributed by atoms with E-state index in [1.165, 1.54) is 11.0 Å². The van der Waals surface area contributed by atoms with Gasteiger partial charge in [0.05, 0.1) is 18.2 Å². The zero-order chi connectivity index (χ0) is 22.0. The smallest absolute Gasteiger partial charge is 0.336 e. The van der Waals surface area contributed by atoms with Crippen molar-refractivity contribution in [1.29, 1.82) is 0 Å². The summed E-state index contributed by atoms with van der Waals surface area (Å²) in [5.74, 6) is -2.59. The first-order valence-electron chi connectivity index (χ1n) is 9.90. The molecule has 0 saturated carbocycles. The zero-order valence-electron chi connectivity index (χ0n) is 17.5. The number of nitrogens with zero attached hydrogens (tertiary/aromatic N) is 1. The third-order valence-electron chi connectivity index (χ3n) is 5.21. The second kappa shape index (κ2) is 8.78. The van der Waals surface area contributed by atoms with Crippen LogP contribution in [0, 0.1) is 18.6 Å². The predicted octanol–water partition coefficient (Wildman–Crippen LogP) is 5.01. The maximum absolute atomic E-state index is 14.2. The van der Waals surface area contributed by atoms with E-state index in [1.807, 2.05) is 31.2 Å². The van der Waals surface area contributed by atoms with Crippen molar-refractivity contribution < 1.29 is 23.1 Å². The van der Waals surface area contributed by atoms with Crippen molar-refractivity contribution in [3.63, 3.8) is 0 Å². The largest absolute Gasteiger partial charge is 0.460 e. The molecule has 1 aliphatic rings. The number of ether oxygens (including phenoxy) is 1. The molecule has 0 aliphatic carbocycles. The highest BCUT2D eigenvalue weighted by atomic mass is 19.1. The summed E-state index contributed by atoms with van der Waals surface area (Å²) in [6.45, 7) is 7.05. The quantitative estimate of drug-likeness (QED) is 0.647. The van der Waals surface area contributed by atoms with Crippen LogP contribution in [0.15, 0.2) is 53.7 Å². The third-order valence-corrected chi connectivity index (χ3v) is 5.21. The topological polar surface area (TPSA) is 46.6 Å². The third kappa shape index (κ3) is 4.58. The van der Waals surface area contributed by atoms with E-state index in [1.54, 1.807) is 20.8 Å². The number of rotatable bonds is 5. The Labute approximate surface area is 175 Å². The monoisotopic (exact) mass is 413 g/mol. The van der Waals surface area contributed by atoms with Crippen molar-refractivity contribution in [3.05, 3.63) is 82.1 Å². The summed E-state index contributed by atoms with van der Waals surface area (Å²) in [7, 11) is 0. The molecule has 1 heterocycles. The van der Waals surface area contributed by atoms with Gasteiger partial charge in [0.1, 0.15) is 11.6 Å². The highest BCUT2D eigenvalue weighted by molar-refractivity contribution is 5.96. The number of benzene rings is 2. The van der Waals surface area contributed by atoms with Crippen molar-refractivity contribution in [2.45, 2.75) is 52.7 Å². The first kappa shape index (κ1) is 21.7. The van der Waals surface area contributed by atoms with Crippen LogP contribution >= 0.6 is 0 Å². The van der Waals surface area contributed by atoms with E-state index in [9.17, 15) is 18.4 Å². The van der Waals surface area contributed by atoms with Crippen LogP contribution in [-0.2, 0) is 20.9 Å². The van der Waals surface area contributed by atoms with E-state index in [-0.39, 0.29) is 30.5 Å². The Morgan fingerprint density at radius 1 is 1.13 bits per heavy atom. The van der Waals surface area contributed by atoms with Crippen molar-refractivity contribution in [2.24, 2.45) is 0 Å². The highest BCUT2D eigenvalue weighted by Gasteiger charge is 2.37. The summed E-state index contributed by atoms with van der Waals surface area (Å²) in [6, 6.07) is 10.9. The van der Waals surface area contributed by atoms with Crippen molar-refractivity contribution >= 4 is 11.9 Å². The Morgan fingerprint density at radius 3 is 2.40 bits per heavy atom. The molecule has 2 aromatic carbocycles. The summed E-state index contributed by atoms with van der Waals surface area (Å²) in [5, 5.41) is 0. The normalized spacial score (nSPS) is 17.0. The molecule has 158 valence electrons. The Morgan fingerprint density at radius 2 is 1.80 bits per heavy atom. The fourth-order valence-corrected chi connectivity index (χ4v) is 3.65. The molecule has 1 aliphatic heterocycles. The summed E-state index contributed by atoms with van der Waals surface area (Å²) in [4.78, 5) is 27.3. The molecule has 0 spiro atoms. The molecule has 0 aromatic heterocycles. The Bertz CT molecular complexity index is 996. The molecule has 30 heavy (non-hydrogen) atoms. The van der Waals surface area contributed by atoms with Crippen molar-refractivity contribution in [3.8, 4) is 0 Å². The average Bonchev–Trinajstić information content (AvgIpc) is 2.66. The number of halogens is 2. The molecule has 2 aromatic rings. The summed E-state index contributed by atoms with van der Waals surface area (Å²) >= 11 is 0. The number of hydrogen-bond acceptors (Lipinski definition) is 3. The van der Waals surface area contributed by atoms with Gasteiger partial charge in [-0.05, 0) is 39.3 Å². The van der Waals surface area contributed by atoms with Crippen LogP contribution < -0.4 is 0 Å². The van der Waals surface area contributed by atoms with Gasteiger partial charge in [0.15, 0.2) is 0 Å². The summed E-state index contributed by atoms with van der Waals surface area (Å²) in [5.41, 5.74) is 2.90. The fraction of sp³-hybridized carbons (Fsp3) is 0.333. The number of esters is 1. The minimum absolute atomic E-state index is 0.0613. The Kier molecular flexibility index (Phi) is 6.34. The summed E-state index contributed by atoms with van der Waals surface area (Å²) in [6.07, 6.45) is -0.261. The van der Waals surface area contributed by atoms with Gasteiger partial charge in [-0.25, -0.2) is 13.6 Å². The van der Waals surface area contributed by atoms with Crippen molar-refractivity contribution in [1.82, 2.24) is 4.90 Å². The molecule has 0 fully saturated rings. The molecule has 0 saturated heterocycles. The lowest BCUT2D eigenvalue weighted by atomic mass is 9.83.